The highest BCUT2D eigenvalue weighted by atomic mass is 16.5. The van der Waals surface area contributed by atoms with Crippen molar-refractivity contribution in [1.29, 1.82) is 0 Å². The molecular weight excluding hydrogens is 260 g/mol. The third-order valence-corrected chi connectivity index (χ3v) is 4.37. The van der Waals surface area contributed by atoms with Gasteiger partial charge in [-0.1, -0.05) is 26.8 Å². The number of nitrogens with zero attached hydrogens (tertiary/aromatic N) is 1. The van der Waals surface area contributed by atoms with E-state index in [0.717, 1.165) is 44.9 Å². The first kappa shape index (κ1) is 16.3. The van der Waals surface area contributed by atoms with Crippen LogP contribution in [0.1, 0.15) is 37.5 Å². The fraction of sp³-hybridized carbons (Fsp3) is 0.667. The van der Waals surface area contributed by atoms with E-state index in [1.54, 1.807) is 7.11 Å². The monoisotopic (exact) mass is 290 g/mol. The summed E-state index contributed by atoms with van der Waals surface area (Å²) in [6.07, 6.45) is 1.10. The van der Waals surface area contributed by atoms with Gasteiger partial charge in [-0.25, -0.2) is 0 Å². The Labute approximate surface area is 129 Å². The number of ether oxygens (including phenoxy) is 1. The van der Waals surface area contributed by atoms with Crippen molar-refractivity contribution in [3.05, 3.63) is 28.8 Å². The first-order valence-electron chi connectivity index (χ1n) is 8.03. The normalized spacial score (nSPS) is 17.0. The lowest BCUT2D eigenvalue weighted by Crippen LogP contribution is -2.44. The summed E-state index contributed by atoms with van der Waals surface area (Å²) < 4.78 is 5.64. The minimum atomic E-state index is 0.118. The third kappa shape index (κ3) is 4.21. The summed E-state index contributed by atoms with van der Waals surface area (Å²) in [6.45, 7) is 14.6. The van der Waals surface area contributed by atoms with Crippen molar-refractivity contribution in [1.82, 2.24) is 10.2 Å². The molecule has 21 heavy (non-hydrogen) atoms. The molecule has 0 aliphatic carbocycles. The van der Waals surface area contributed by atoms with Gasteiger partial charge in [0, 0.05) is 32.7 Å². The summed E-state index contributed by atoms with van der Waals surface area (Å²) in [5.41, 5.74) is 4.22. The molecule has 1 aromatic carbocycles. The molecule has 1 heterocycles. The van der Waals surface area contributed by atoms with Crippen molar-refractivity contribution in [2.24, 2.45) is 0 Å². The standard InChI is InChI=1S/C18H30N2O/c1-14-12-16(18(2,3)4)17(21-5)13-15(14)6-9-20-10-7-19-8-11-20/h12-13,19H,6-11H2,1-5H3. The first-order chi connectivity index (χ1) is 9.91. The first-order valence-corrected chi connectivity index (χ1v) is 8.03. The van der Waals surface area contributed by atoms with Crippen molar-refractivity contribution in [2.75, 3.05) is 39.8 Å². The zero-order valence-electron chi connectivity index (χ0n) is 14.3. The number of hydrogen-bond acceptors (Lipinski definition) is 3. The second kappa shape index (κ2) is 6.80. The van der Waals surface area contributed by atoms with Crippen LogP contribution in [0.4, 0.5) is 0 Å². The lowest BCUT2D eigenvalue weighted by molar-refractivity contribution is 0.243. The summed E-state index contributed by atoms with van der Waals surface area (Å²) in [4.78, 5) is 2.54. The number of piperazine rings is 1. The summed E-state index contributed by atoms with van der Waals surface area (Å²) in [6, 6.07) is 4.56. The van der Waals surface area contributed by atoms with Gasteiger partial charge in [-0.3, -0.25) is 0 Å². The molecule has 1 N–H and O–H groups in total. The van der Waals surface area contributed by atoms with Gasteiger partial charge >= 0.3 is 0 Å². The predicted molar refractivity (Wildman–Crippen MR) is 89.4 cm³/mol. The Balaban J connectivity index is 2.12. The maximum Gasteiger partial charge on any atom is 0.122 e. The number of methoxy groups -OCH3 is 1. The van der Waals surface area contributed by atoms with E-state index in [-0.39, 0.29) is 5.41 Å². The SMILES string of the molecule is COc1cc(CCN2CCNCC2)c(C)cc1C(C)(C)C. The molecule has 2 rings (SSSR count). The number of hydrogen-bond donors (Lipinski definition) is 1. The molecular formula is C18H30N2O. The van der Waals surface area contributed by atoms with Crippen molar-refractivity contribution in [3.8, 4) is 5.75 Å². The molecule has 118 valence electrons. The minimum absolute atomic E-state index is 0.118. The van der Waals surface area contributed by atoms with Crippen LogP contribution in [0, 0.1) is 6.92 Å². The van der Waals surface area contributed by atoms with Gasteiger partial charge in [0.1, 0.15) is 5.75 Å². The molecule has 0 unspecified atom stereocenters. The van der Waals surface area contributed by atoms with Crippen LogP contribution in [0.25, 0.3) is 0 Å². The van der Waals surface area contributed by atoms with E-state index in [0.29, 0.717) is 0 Å². The van der Waals surface area contributed by atoms with Gasteiger partial charge in [-0.05, 0) is 41.5 Å². The van der Waals surface area contributed by atoms with Crippen molar-refractivity contribution in [2.45, 2.75) is 39.5 Å². The molecule has 0 spiro atoms. The van der Waals surface area contributed by atoms with Crippen molar-refractivity contribution < 1.29 is 4.74 Å². The topological polar surface area (TPSA) is 24.5 Å². The third-order valence-electron chi connectivity index (χ3n) is 4.37. The maximum atomic E-state index is 5.64. The predicted octanol–water partition coefficient (Wildman–Crippen LogP) is 2.75. The van der Waals surface area contributed by atoms with Crippen LogP contribution in [-0.4, -0.2) is 44.7 Å². The number of benzene rings is 1. The Hall–Kier alpha value is -1.06. The average molecular weight is 290 g/mol. The second-order valence-corrected chi connectivity index (χ2v) is 7.07. The summed E-state index contributed by atoms with van der Waals surface area (Å²) in [7, 11) is 1.78. The van der Waals surface area contributed by atoms with Crippen LogP contribution in [0.5, 0.6) is 5.75 Å². The Morgan fingerprint density at radius 3 is 2.43 bits per heavy atom. The molecule has 1 aliphatic rings. The van der Waals surface area contributed by atoms with Crippen LogP contribution in [0.15, 0.2) is 12.1 Å². The molecule has 3 heteroatoms. The highest BCUT2D eigenvalue weighted by Crippen LogP contribution is 2.33. The lowest BCUT2D eigenvalue weighted by atomic mass is 9.84. The van der Waals surface area contributed by atoms with E-state index in [2.05, 4.69) is 50.0 Å². The highest BCUT2D eigenvalue weighted by molar-refractivity contribution is 5.45. The molecule has 0 saturated carbocycles. The average Bonchev–Trinajstić information content (AvgIpc) is 2.46. The Morgan fingerprint density at radius 2 is 1.86 bits per heavy atom. The number of nitrogens with one attached hydrogen (secondary N) is 1. The van der Waals surface area contributed by atoms with Gasteiger partial charge in [-0.15, -0.1) is 0 Å². The maximum absolute atomic E-state index is 5.64. The zero-order valence-corrected chi connectivity index (χ0v) is 14.3. The van der Waals surface area contributed by atoms with Gasteiger partial charge in [0.25, 0.3) is 0 Å². The van der Waals surface area contributed by atoms with Crippen LogP contribution >= 0.6 is 0 Å². The van der Waals surface area contributed by atoms with E-state index in [1.807, 2.05) is 0 Å². The molecule has 0 radical (unpaired) electrons. The van der Waals surface area contributed by atoms with Crippen LogP contribution in [0.2, 0.25) is 0 Å². The molecule has 0 atom stereocenters. The molecule has 1 fully saturated rings. The van der Waals surface area contributed by atoms with Crippen LogP contribution < -0.4 is 10.1 Å². The molecule has 1 saturated heterocycles. The number of rotatable bonds is 4. The minimum Gasteiger partial charge on any atom is -0.496 e. The van der Waals surface area contributed by atoms with Gasteiger partial charge in [-0.2, -0.15) is 0 Å². The molecule has 0 bridgehead atoms. The van der Waals surface area contributed by atoms with Gasteiger partial charge in [0.2, 0.25) is 0 Å². The van der Waals surface area contributed by atoms with Crippen LogP contribution in [0.3, 0.4) is 0 Å². The summed E-state index contributed by atoms with van der Waals surface area (Å²) in [5, 5.41) is 3.40. The molecule has 0 aromatic heterocycles. The fourth-order valence-electron chi connectivity index (χ4n) is 2.97. The highest BCUT2D eigenvalue weighted by Gasteiger charge is 2.20. The Bertz CT molecular complexity index is 471. The smallest absolute Gasteiger partial charge is 0.122 e. The molecule has 0 amide bonds. The van der Waals surface area contributed by atoms with E-state index >= 15 is 0 Å². The lowest BCUT2D eigenvalue weighted by Gasteiger charge is -2.28. The summed E-state index contributed by atoms with van der Waals surface area (Å²) in [5.74, 6) is 1.03. The largest absolute Gasteiger partial charge is 0.496 e. The second-order valence-electron chi connectivity index (χ2n) is 7.07. The van der Waals surface area contributed by atoms with Crippen molar-refractivity contribution >= 4 is 0 Å². The molecule has 1 aromatic rings. The van der Waals surface area contributed by atoms with E-state index in [4.69, 9.17) is 4.74 Å². The fourth-order valence-corrected chi connectivity index (χ4v) is 2.97. The Morgan fingerprint density at radius 1 is 1.19 bits per heavy atom. The van der Waals surface area contributed by atoms with Gasteiger partial charge < -0.3 is 15.0 Å². The van der Waals surface area contributed by atoms with E-state index in [9.17, 15) is 0 Å². The van der Waals surface area contributed by atoms with Gasteiger partial charge in [0.05, 0.1) is 7.11 Å². The zero-order chi connectivity index (χ0) is 15.5. The molecule has 3 nitrogen and oxygen atoms in total. The van der Waals surface area contributed by atoms with E-state index in [1.165, 1.54) is 16.7 Å². The van der Waals surface area contributed by atoms with Crippen molar-refractivity contribution in [3.63, 3.8) is 0 Å². The van der Waals surface area contributed by atoms with Crippen LogP contribution in [-0.2, 0) is 11.8 Å². The summed E-state index contributed by atoms with van der Waals surface area (Å²) >= 11 is 0. The van der Waals surface area contributed by atoms with Gasteiger partial charge in [0.15, 0.2) is 0 Å². The Kier molecular flexibility index (Phi) is 5.28. The quantitative estimate of drug-likeness (QED) is 0.923. The molecule has 1 aliphatic heterocycles. The van der Waals surface area contributed by atoms with E-state index < -0.39 is 0 Å². The number of aryl methyl sites for hydroxylation is 1.